The predicted molar refractivity (Wildman–Crippen MR) is 89.3 cm³/mol. The Morgan fingerprint density at radius 2 is 1.91 bits per heavy atom. The molecule has 0 radical (unpaired) electrons. The van der Waals surface area contributed by atoms with Crippen molar-refractivity contribution in [1.82, 2.24) is 19.4 Å². The molecule has 0 spiro atoms. The van der Waals surface area contributed by atoms with E-state index < -0.39 is 0 Å². The molecule has 0 unspecified atom stereocenters. The molecule has 1 aromatic carbocycles. The van der Waals surface area contributed by atoms with Crippen molar-refractivity contribution in [3.63, 3.8) is 0 Å². The molecule has 0 aliphatic carbocycles. The summed E-state index contributed by atoms with van der Waals surface area (Å²) in [6.45, 7) is 7.07. The van der Waals surface area contributed by atoms with Crippen LogP contribution in [0.4, 0.5) is 0 Å². The average molecular weight is 323 g/mol. The van der Waals surface area contributed by atoms with Gasteiger partial charge in [-0.3, -0.25) is 9.80 Å². The van der Waals surface area contributed by atoms with Crippen molar-refractivity contribution in [1.29, 1.82) is 0 Å². The number of fused-ring (bicyclic) bond motifs is 1. The third-order valence-corrected chi connectivity index (χ3v) is 4.61. The summed E-state index contributed by atoms with van der Waals surface area (Å²) in [5.41, 5.74) is 2.11. The minimum absolute atomic E-state index is 0.740. The van der Waals surface area contributed by atoms with Crippen LogP contribution in [0.2, 0.25) is 5.02 Å². The molecule has 1 saturated heterocycles. The van der Waals surface area contributed by atoms with Gasteiger partial charge in [0.15, 0.2) is 0 Å². The Morgan fingerprint density at radius 3 is 2.64 bits per heavy atom. The first-order valence-corrected chi connectivity index (χ1v) is 8.09. The first kappa shape index (κ1) is 15.7. The molecule has 22 heavy (non-hydrogen) atoms. The maximum Gasteiger partial charge on any atom is 0.123 e. The van der Waals surface area contributed by atoms with Crippen LogP contribution in [0.3, 0.4) is 0 Å². The summed E-state index contributed by atoms with van der Waals surface area (Å²) in [5, 5.41) is 0.740. The molecule has 1 aliphatic rings. The van der Waals surface area contributed by atoms with Crippen LogP contribution in [0, 0.1) is 0 Å². The van der Waals surface area contributed by atoms with Crippen LogP contribution in [-0.2, 0) is 18.3 Å². The van der Waals surface area contributed by atoms with Crippen LogP contribution in [0.5, 0.6) is 0 Å². The lowest BCUT2D eigenvalue weighted by molar-refractivity contribution is 0.0923. The number of ether oxygens (including phenoxy) is 1. The van der Waals surface area contributed by atoms with Crippen molar-refractivity contribution in [3.8, 4) is 0 Å². The molecule has 6 heteroatoms. The van der Waals surface area contributed by atoms with Crippen LogP contribution >= 0.6 is 11.6 Å². The number of rotatable bonds is 5. The fraction of sp³-hybridized carbons (Fsp3) is 0.562. The van der Waals surface area contributed by atoms with Crippen molar-refractivity contribution in [2.45, 2.75) is 6.54 Å². The fourth-order valence-electron chi connectivity index (χ4n) is 2.96. The van der Waals surface area contributed by atoms with Crippen LogP contribution in [0.15, 0.2) is 18.2 Å². The number of benzene rings is 1. The van der Waals surface area contributed by atoms with Crippen molar-refractivity contribution < 1.29 is 4.74 Å². The number of hydrogen-bond donors (Lipinski definition) is 0. The predicted octanol–water partition coefficient (Wildman–Crippen LogP) is 1.99. The highest BCUT2D eigenvalue weighted by molar-refractivity contribution is 6.31. The first-order chi connectivity index (χ1) is 10.7. The summed E-state index contributed by atoms with van der Waals surface area (Å²) in [4.78, 5) is 9.66. The Morgan fingerprint density at radius 1 is 1.18 bits per heavy atom. The lowest BCUT2D eigenvalue weighted by Gasteiger charge is -2.34. The molecule has 1 fully saturated rings. The number of hydrogen-bond acceptors (Lipinski definition) is 4. The van der Waals surface area contributed by atoms with E-state index in [-0.39, 0.29) is 0 Å². The van der Waals surface area contributed by atoms with Gasteiger partial charge in [0.1, 0.15) is 5.82 Å². The van der Waals surface area contributed by atoms with Gasteiger partial charge in [-0.15, -0.1) is 0 Å². The highest BCUT2D eigenvalue weighted by Gasteiger charge is 2.18. The summed E-state index contributed by atoms with van der Waals surface area (Å²) < 4.78 is 7.32. The third kappa shape index (κ3) is 3.43. The largest absolute Gasteiger partial charge is 0.383 e. The standard InChI is InChI=1S/C16H23ClN4O/c1-19-15-4-3-13(17)11-14(15)18-16(19)12-21-7-5-20(6-8-21)9-10-22-2/h3-4,11H,5-10,12H2,1-2H3. The van der Waals surface area contributed by atoms with E-state index in [1.165, 1.54) is 0 Å². The second-order valence-corrected chi connectivity index (χ2v) is 6.27. The minimum atomic E-state index is 0.740. The van der Waals surface area contributed by atoms with E-state index in [1.54, 1.807) is 7.11 Å². The quantitative estimate of drug-likeness (QED) is 0.843. The number of nitrogens with zero attached hydrogens (tertiary/aromatic N) is 4. The topological polar surface area (TPSA) is 33.5 Å². The molecule has 2 aromatic rings. The van der Waals surface area contributed by atoms with Crippen molar-refractivity contribution >= 4 is 22.6 Å². The molecule has 0 N–H and O–H groups in total. The molecule has 3 rings (SSSR count). The zero-order chi connectivity index (χ0) is 15.5. The van der Waals surface area contributed by atoms with Gasteiger partial charge < -0.3 is 9.30 Å². The maximum absolute atomic E-state index is 6.05. The van der Waals surface area contributed by atoms with Gasteiger partial charge in [-0.1, -0.05) is 11.6 Å². The van der Waals surface area contributed by atoms with Gasteiger partial charge in [0.05, 0.1) is 24.2 Å². The fourth-order valence-corrected chi connectivity index (χ4v) is 3.12. The Bertz CT molecular complexity index is 634. The zero-order valence-electron chi connectivity index (χ0n) is 13.3. The lowest BCUT2D eigenvalue weighted by atomic mass is 10.3. The van der Waals surface area contributed by atoms with E-state index in [1.807, 2.05) is 18.2 Å². The molecule has 1 aromatic heterocycles. The molecule has 0 bridgehead atoms. The van der Waals surface area contributed by atoms with E-state index in [9.17, 15) is 0 Å². The summed E-state index contributed by atoms with van der Waals surface area (Å²) in [7, 11) is 3.83. The Balaban J connectivity index is 1.63. The van der Waals surface area contributed by atoms with Gasteiger partial charge >= 0.3 is 0 Å². The summed E-state index contributed by atoms with van der Waals surface area (Å²) >= 11 is 6.05. The molecule has 1 aliphatic heterocycles. The highest BCUT2D eigenvalue weighted by atomic mass is 35.5. The highest BCUT2D eigenvalue weighted by Crippen LogP contribution is 2.20. The van der Waals surface area contributed by atoms with Crippen molar-refractivity contribution in [2.24, 2.45) is 7.05 Å². The number of aromatic nitrogens is 2. The summed E-state index contributed by atoms with van der Waals surface area (Å²) in [5.74, 6) is 1.10. The van der Waals surface area contributed by atoms with E-state index in [0.717, 1.165) is 67.8 Å². The molecular formula is C16H23ClN4O. The summed E-state index contributed by atoms with van der Waals surface area (Å²) in [6.07, 6.45) is 0. The number of methoxy groups -OCH3 is 1. The van der Waals surface area contributed by atoms with Crippen LogP contribution in [-0.4, -0.2) is 65.8 Å². The van der Waals surface area contributed by atoms with Crippen LogP contribution < -0.4 is 0 Å². The number of piperazine rings is 1. The molecule has 0 atom stereocenters. The first-order valence-electron chi connectivity index (χ1n) is 7.72. The molecule has 0 amide bonds. The normalized spacial score (nSPS) is 17.4. The monoisotopic (exact) mass is 322 g/mol. The Hall–Kier alpha value is -1.14. The minimum Gasteiger partial charge on any atom is -0.383 e. The third-order valence-electron chi connectivity index (χ3n) is 4.38. The van der Waals surface area contributed by atoms with Crippen LogP contribution in [0.25, 0.3) is 11.0 Å². The maximum atomic E-state index is 6.05. The van der Waals surface area contributed by atoms with Gasteiger partial charge in [0.2, 0.25) is 0 Å². The van der Waals surface area contributed by atoms with Crippen molar-refractivity contribution in [2.75, 3.05) is 46.4 Å². The molecule has 120 valence electrons. The number of imidazole rings is 1. The molecule has 2 heterocycles. The number of aryl methyl sites for hydroxylation is 1. The van der Waals surface area contributed by atoms with Gasteiger partial charge in [-0.25, -0.2) is 4.98 Å². The summed E-state index contributed by atoms with van der Waals surface area (Å²) in [6, 6.07) is 5.89. The van der Waals surface area contributed by atoms with E-state index in [2.05, 4.69) is 21.4 Å². The SMILES string of the molecule is COCCN1CCN(Cc2nc3cc(Cl)ccc3n2C)CC1. The molecule has 0 saturated carbocycles. The Kier molecular flexibility index (Phi) is 4.98. The average Bonchev–Trinajstić information content (AvgIpc) is 2.82. The number of halogens is 1. The van der Waals surface area contributed by atoms with Gasteiger partial charge in [0, 0.05) is 51.9 Å². The van der Waals surface area contributed by atoms with E-state index >= 15 is 0 Å². The van der Waals surface area contributed by atoms with E-state index in [0.29, 0.717) is 0 Å². The second kappa shape index (κ2) is 6.96. The van der Waals surface area contributed by atoms with Crippen LogP contribution in [0.1, 0.15) is 5.82 Å². The molecule has 5 nitrogen and oxygen atoms in total. The second-order valence-electron chi connectivity index (χ2n) is 5.83. The van der Waals surface area contributed by atoms with E-state index in [4.69, 9.17) is 21.3 Å². The zero-order valence-corrected chi connectivity index (χ0v) is 14.0. The van der Waals surface area contributed by atoms with Gasteiger partial charge in [0.25, 0.3) is 0 Å². The smallest absolute Gasteiger partial charge is 0.123 e. The van der Waals surface area contributed by atoms with Crippen molar-refractivity contribution in [3.05, 3.63) is 29.0 Å². The lowest BCUT2D eigenvalue weighted by Crippen LogP contribution is -2.47. The molecular weight excluding hydrogens is 300 g/mol. The van der Waals surface area contributed by atoms with Gasteiger partial charge in [-0.2, -0.15) is 0 Å². The van der Waals surface area contributed by atoms with Gasteiger partial charge in [-0.05, 0) is 18.2 Å². The Labute approximate surface area is 136 Å².